The van der Waals surface area contributed by atoms with Crippen molar-refractivity contribution in [2.24, 2.45) is 5.73 Å². The average Bonchev–Trinajstić information content (AvgIpc) is 2.40. The maximum absolute atomic E-state index is 13.0. The molecule has 0 fully saturated rings. The van der Waals surface area contributed by atoms with Crippen molar-refractivity contribution in [3.05, 3.63) is 58.9 Å². The van der Waals surface area contributed by atoms with Crippen LogP contribution in [0.3, 0.4) is 0 Å². The van der Waals surface area contributed by atoms with E-state index < -0.39 is 17.6 Å². The predicted octanol–water partition coefficient (Wildman–Crippen LogP) is 2.07. The first-order valence-electron chi connectivity index (χ1n) is 6.15. The van der Waals surface area contributed by atoms with Crippen molar-refractivity contribution in [2.75, 3.05) is 11.1 Å². The Kier molecular flexibility index (Phi) is 3.89. The van der Waals surface area contributed by atoms with Gasteiger partial charge in [0.2, 0.25) is 5.91 Å². The quantitative estimate of drug-likeness (QED) is 0.753. The van der Waals surface area contributed by atoms with E-state index in [1.807, 2.05) is 0 Å². The number of primary amides is 1. The molecular formula is C15H14FN3O2. The number of anilines is 2. The molecule has 0 bridgehead atoms. The van der Waals surface area contributed by atoms with Gasteiger partial charge in [0, 0.05) is 16.9 Å². The lowest BCUT2D eigenvalue weighted by molar-refractivity contribution is 0.0998. The van der Waals surface area contributed by atoms with Crippen LogP contribution in [-0.2, 0) is 0 Å². The Morgan fingerprint density at radius 1 is 1.14 bits per heavy atom. The number of benzene rings is 2. The minimum Gasteiger partial charge on any atom is -0.398 e. The number of nitrogens with two attached hydrogens (primary N) is 2. The zero-order chi connectivity index (χ0) is 15.6. The Morgan fingerprint density at radius 2 is 1.86 bits per heavy atom. The number of amides is 2. The fourth-order valence-electron chi connectivity index (χ4n) is 1.89. The molecule has 5 nitrogen and oxygen atoms in total. The number of halogens is 1. The molecular weight excluding hydrogens is 273 g/mol. The summed E-state index contributed by atoms with van der Waals surface area (Å²) in [5.74, 6) is -1.51. The molecule has 5 N–H and O–H groups in total. The van der Waals surface area contributed by atoms with Gasteiger partial charge in [0.1, 0.15) is 5.82 Å². The van der Waals surface area contributed by atoms with Crippen molar-refractivity contribution >= 4 is 23.2 Å². The molecule has 0 saturated heterocycles. The lowest BCUT2D eigenvalue weighted by Crippen LogP contribution is -2.16. The van der Waals surface area contributed by atoms with Crippen molar-refractivity contribution in [1.82, 2.24) is 0 Å². The summed E-state index contributed by atoms with van der Waals surface area (Å²) in [5.41, 5.74) is 12.6. The van der Waals surface area contributed by atoms with E-state index in [1.54, 1.807) is 19.1 Å². The maximum atomic E-state index is 13.0. The normalized spacial score (nSPS) is 10.2. The molecule has 0 spiro atoms. The van der Waals surface area contributed by atoms with E-state index in [4.69, 9.17) is 11.5 Å². The number of nitrogen functional groups attached to an aromatic ring is 1. The number of nitrogens with one attached hydrogen (secondary N) is 1. The Hall–Kier alpha value is -2.89. The van der Waals surface area contributed by atoms with Crippen molar-refractivity contribution in [3.63, 3.8) is 0 Å². The maximum Gasteiger partial charge on any atom is 0.257 e. The van der Waals surface area contributed by atoms with Gasteiger partial charge in [-0.15, -0.1) is 0 Å². The van der Waals surface area contributed by atoms with Gasteiger partial charge in [0.25, 0.3) is 5.91 Å². The molecule has 0 aliphatic carbocycles. The average molecular weight is 287 g/mol. The number of rotatable bonds is 3. The number of aryl methyl sites for hydroxylation is 1. The van der Waals surface area contributed by atoms with Crippen LogP contribution in [0.25, 0.3) is 0 Å². The van der Waals surface area contributed by atoms with Crippen LogP contribution in [0.15, 0.2) is 36.4 Å². The van der Waals surface area contributed by atoms with Gasteiger partial charge in [-0.05, 0) is 48.9 Å². The summed E-state index contributed by atoms with van der Waals surface area (Å²) in [7, 11) is 0. The highest BCUT2D eigenvalue weighted by Gasteiger charge is 2.12. The smallest absolute Gasteiger partial charge is 0.257 e. The number of hydrogen-bond donors (Lipinski definition) is 3. The van der Waals surface area contributed by atoms with Gasteiger partial charge >= 0.3 is 0 Å². The summed E-state index contributed by atoms with van der Waals surface area (Å²) in [6.07, 6.45) is 0. The lowest BCUT2D eigenvalue weighted by atomic mass is 10.1. The van der Waals surface area contributed by atoms with E-state index in [9.17, 15) is 14.0 Å². The zero-order valence-electron chi connectivity index (χ0n) is 11.3. The second-order valence-electron chi connectivity index (χ2n) is 4.58. The van der Waals surface area contributed by atoms with Crippen LogP contribution in [0.2, 0.25) is 0 Å². The minimum atomic E-state index is -0.543. The molecule has 0 heterocycles. The van der Waals surface area contributed by atoms with Crippen molar-refractivity contribution in [3.8, 4) is 0 Å². The van der Waals surface area contributed by atoms with Gasteiger partial charge < -0.3 is 16.8 Å². The van der Waals surface area contributed by atoms with Gasteiger partial charge in [-0.25, -0.2) is 4.39 Å². The molecule has 0 atom stereocenters. The van der Waals surface area contributed by atoms with E-state index in [1.165, 1.54) is 12.1 Å². The molecule has 0 radical (unpaired) electrons. The number of carbonyl (C=O) groups excluding carboxylic acids is 2. The summed E-state index contributed by atoms with van der Waals surface area (Å²) in [5, 5.41) is 2.66. The summed E-state index contributed by atoms with van der Waals surface area (Å²) >= 11 is 0. The third kappa shape index (κ3) is 3.17. The van der Waals surface area contributed by atoms with Crippen LogP contribution in [-0.4, -0.2) is 11.8 Å². The molecule has 2 aromatic carbocycles. The summed E-state index contributed by atoms with van der Waals surface area (Å²) in [4.78, 5) is 23.2. The molecule has 0 aromatic heterocycles. The molecule has 6 heteroatoms. The van der Waals surface area contributed by atoms with Gasteiger partial charge in [0.15, 0.2) is 0 Å². The molecule has 2 rings (SSSR count). The summed E-state index contributed by atoms with van der Waals surface area (Å²) in [6, 6.07) is 8.22. The van der Waals surface area contributed by atoms with Crippen LogP contribution in [0.5, 0.6) is 0 Å². The fraction of sp³-hybridized carbons (Fsp3) is 0.0667. The topological polar surface area (TPSA) is 98.2 Å². The van der Waals surface area contributed by atoms with Crippen molar-refractivity contribution in [1.29, 1.82) is 0 Å². The molecule has 0 aliphatic heterocycles. The van der Waals surface area contributed by atoms with Gasteiger partial charge in [0.05, 0.1) is 5.56 Å². The van der Waals surface area contributed by atoms with E-state index in [0.29, 0.717) is 16.8 Å². The first-order chi connectivity index (χ1) is 9.88. The number of hydrogen-bond acceptors (Lipinski definition) is 3. The Balaban J connectivity index is 2.25. The van der Waals surface area contributed by atoms with E-state index in [0.717, 1.165) is 12.1 Å². The fourth-order valence-corrected chi connectivity index (χ4v) is 1.89. The highest BCUT2D eigenvalue weighted by Crippen LogP contribution is 2.19. The summed E-state index contributed by atoms with van der Waals surface area (Å²) in [6.45, 7) is 1.73. The molecule has 0 unspecified atom stereocenters. The van der Waals surface area contributed by atoms with Crippen molar-refractivity contribution in [2.45, 2.75) is 6.92 Å². The molecule has 2 aromatic rings. The van der Waals surface area contributed by atoms with Crippen LogP contribution >= 0.6 is 0 Å². The molecule has 21 heavy (non-hydrogen) atoms. The third-order valence-corrected chi connectivity index (χ3v) is 3.02. The van der Waals surface area contributed by atoms with Gasteiger partial charge in [-0.3, -0.25) is 9.59 Å². The van der Waals surface area contributed by atoms with E-state index in [2.05, 4.69) is 5.32 Å². The Bertz CT molecular complexity index is 729. The standard InChI is InChI=1S/C15H14FN3O2/c1-8-6-9(14(18)20)2-5-13(8)19-15(21)11-4-3-10(16)7-12(11)17/h2-7H,17H2,1H3,(H2,18,20)(H,19,21). The lowest BCUT2D eigenvalue weighted by Gasteiger charge is -2.10. The second kappa shape index (κ2) is 5.62. The van der Waals surface area contributed by atoms with Crippen LogP contribution in [0, 0.1) is 12.7 Å². The molecule has 0 saturated carbocycles. The third-order valence-electron chi connectivity index (χ3n) is 3.02. The highest BCUT2D eigenvalue weighted by atomic mass is 19.1. The molecule has 0 aliphatic rings. The van der Waals surface area contributed by atoms with Crippen LogP contribution in [0.1, 0.15) is 26.3 Å². The molecule has 2 amide bonds. The van der Waals surface area contributed by atoms with Gasteiger partial charge in [-0.1, -0.05) is 0 Å². The number of carbonyl (C=O) groups is 2. The summed E-state index contributed by atoms with van der Waals surface area (Å²) < 4.78 is 13.0. The van der Waals surface area contributed by atoms with Crippen molar-refractivity contribution < 1.29 is 14.0 Å². The first-order valence-corrected chi connectivity index (χ1v) is 6.15. The van der Waals surface area contributed by atoms with Crippen LogP contribution < -0.4 is 16.8 Å². The monoisotopic (exact) mass is 287 g/mol. The minimum absolute atomic E-state index is 0.0545. The first kappa shape index (κ1) is 14.5. The largest absolute Gasteiger partial charge is 0.398 e. The highest BCUT2D eigenvalue weighted by molar-refractivity contribution is 6.08. The Labute approximate surface area is 120 Å². The second-order valence-corrected chi connectivity index (χ2v) is 4.58. The van der Waals surface area contributed by atoms with E-state index >= 15 is 0 Å². The predicted molar refractivity (Wildman–Crippen MR) is 78.5 cm³/mol. The zero-order valence-corrected chi connectivity index (χ0v) is 11.3. The van der Waals surface area contributed by atoms with Crippen LogP contribution in [0.4, 0.5) is 15.8 Å². The SMILES string of the molecule is Cc1cc(C(N)=O)ccc1NC(=O)c1ccc(F)cc1N. The Morgan fingerprint density at radius 3 is 2.43 bits per heavy atom. The van der Waals surface area contributed by atoms with Gasteiger partial charge in [-0.2, -0.15) is 0 Å². The molecule has 108 valence electrons. The van der Waals surface area contributed by atoms with E-state index in [-0.39, 0.29) is 11.3 Å².